The molecule has 6 nitrogen and oxygen atoms in total. The number of ether oxygens (including phenoxy) is 2. The normalized spacial score (nSPS) is 10.8. The van der Waals surface area contributed by atoms with E-state index in [1.54, 1.807) is 46.6 Å². The number of hydrogen-bond donors (Lipinski definition) is 0. The SMILES string of the molecule is COc1cc(OC)cc(C(=O)N(CC(=O)N(Cc2ccc(F)cc2)Cc2cccs2)C(C)C)c1. The molecule has 0 aliphatic rings. The third-order valence-electron chi connectivity index (χ3n) is 5.35. The zero-order chi connectivity index (χ0) is 24.7. The van der Waals surface area contributed by atoms with Crippen LogP contribution in [-0.2, 0) is 17.9 Å². The molecule has 2 aromatic carbocycles. The predicted molar refractivity (Wildman–Crippen MR) is 131 cm³/mol. The Labute approximate surface area is 203 Å². The Morgan fingerprint density at radius 1 is 0.971 bits per heavy atom. The van der Waals surface area contributed by atoms with E-state index < -0.39 is 0 Å². The second-order valence-corrected chi connectivity index (χ2v) is 9.12. The fourth-order valence-corrected chi connectivity index (χ4v) is 4.18. The molecule has 0 unspecified atom stereocenters. The average molecular weight is 485 g/mol. The van der Waals surface area contributed by atoms with Gasteiger partial charge < -0.3 is 19.3 Å². The number of rotatable bonds is 10. The Bertz CT molecular complexity index is 1080. The van der Waals surface area contributed by atoms with Crippen LogP contribution >= 0.6 is 11.3 Å². The van der Waals surface area contributed by atoms with Crippen LogP contribution in [0.15, 0.2) is 60.0 Å². The van der Waals surface area contributed by atoms with Crippen LogP contribution < -0.4 is 9.47 Å². The molecule has 3 aromatic rings. The minimum atomic E-state index is -0.329. The lowest BCUT2D eigenvalue weighted by Crippen LogP contribution is -2.45. The molecule has 0 N–H and O–H groups in total. The van der Waals surface area contributed by atoms with Crippen molar-refractivity contribution in [3.63, 3.8) is 0 Å². The number of amides is 2. The monoisotopic (exact) mass is 484 g/mol. The van der Waals surface area contributed by atoms with Gasteiger partial charge in [0, 0.05) is 29.1 Å². The van der Waals surface area contributed by atoms with Crippen molar-refractivity contribution < 1.29 is 23.5 Å². The minimum Gasteiger partial charge on any atom is -0.497 e. The molecular weight excluding hydrogens is 455 g/mol. The molecule has 180 valence electrons. The Morgan fingerprint density at radius 2 is 1.62 bits per heavy atom. The van der Waals surface area contributed by atoms with Crippen LogP contribution in [0.2, 0.25) is 0 Å². The molecule has 1 aromatic heterocycles. The van der Waals surface area contributed by atoms with E-state index in [0.29, 0.717) is 30.2 Å². The van der Waals surface area contributed by atoms with E-state index in [-0.39, 0.29) is 30.2 Å². The number of thiophene rings is 1. The molecular formula is C26H29FN2O4S. The second kappa shape index (κ2) is 11.7. The lowest BCUT2D eigenvalue weighted by atomic mass is 10.1. The largest absolute Gasteiger partial charge is 0.497 e. The number of carbonyl (C=O) groups is 2. The van der Waals surface area contributed by atoms with Crippen LogP contribution in [0.25, 0.3) is 0 Å². The van der Waals surface area contributed by atoms with Crippen LogP contribution in [0.3, 0.4) is 0 Å². The molecule has 3 rings (SSSR count). The number of hydrogen-bond acceptors (Lipinski definition) is 5. The summed E-state index contributed by atoms with van der Waals surface area (Å²) in [5.41, 5.74) is 1.19. The van der Waals surface area contributed by atoms with E-state index in [4.69, 9.17) is 9.47 Å². The smallest absolute Gasteiger partial charge is 0.254 e. The number of halogens is 1. The van der Waals surface area contributed by atoms with Crippen molar-refractivity contribution in [2.75, 3.05) is 20.8 Å². The highest BCUT2D eigenvalue weighted by atomic mass is 32.1. The van der Waals surface area contributed by atoms with Gasteiger partial charge >= 0.3 is 0 Å². The summed E-state index contributed by atoms with van der Waals surface area (Å²) in [5, 5.41) is 1.95. The van der Waals surface area contributed by atoms with Crippen molar-refractivity contribution in [3.05, 3.63) is 81.8 Å². The number of nitrogens with zero attached hydrogens (tertiary/aromatic N) is 2. The molecule has 0 aliphatic carbocycles. The van der Waals surface area contributed by atoms with Crippen molar-refractivity contribution in [2.45, 2.75) is 33.0 Å². The molecule has 0 bridgehead atoms. The molecule has 0 fully saturated rings. The molecule has 8 heteroatoms. The molecule has 0 radical (unpaired) electrons. The first-order chi connectivity index (χ1) is 16.3. The van der Waals surface area contributed by atoms with E-state index >= 15 is 0 Å². The van der Waals surface area contributed by atoms with Gasteiger partial charge in [-0.1, -0.05) is 18.2 Å². The first-order valence-corrected chi connectivity index (χ1v) is 11.8. The summed E-state index contributed by atoms with van der Waals surface area (Å²) in [6.45, 7) is 4.35. The van der Waals surface area contributed by atoms with Gasteiger partial charge in [-0.25, -0.2) is 4.39 Å². The average Bonchev–Trinajstić information content (AvgIpc) is 3.35. The van der Waals surface area contributed by atoms with Crippen LogP contribution in [-0.4, -0.2) is 48.4 Å². The quantitative estimate of drug-likeness (QED) is 0.407. The van der Waals surface area contributed by atoms with Crippen molar-refractivity contribution in [2.24, 2.45) is 0 Å². The molecule has 1 heterocycles. The molecule has 0 atom stereocenters. The highest BCUT2D eigenvalue weighted by Gasteiger charge is 2.26. The molecule has 0 saturated heterocycles. The minimum absolute atomic E-state index is 0.0946. The third kappa shape index (κ3) is 6.57. The fraction of sp³-hybridized carbons (Fsp3) is 0.308. The van der Waals surface area contributed by atoms with Crippen LogP contribution in [0, 0.1) is 5.82 Å². The Balaban J connectivity index is 1.84. The van der Waals surface area contributed by atoms with Crippen molar-refractivity contribution in [3.8, 4) is 11.5 Å². The highest BCUT2D eigenvalue weighted by molar-refractivity contribution is 7.09. The van der Waals surface area contributed by atoms with Crippen molar-refractivity contribution in [1.82, 2.24) is 9.80 Å². The lowest BCUT2D eigenvalue weighted by Gasteiger charge is -2.30. The number of methoxy groups -OCH3 is 2. The van der Waals surface area contributed by atoms with Crippen molar-refractivity contribution in [1.29, 1.82) is 0 Å². The highest BCUT2D eigenvalue weighted by Crippen LogP contribution is 2.24. The Hall–Kier alpha value is -3.39. The van der Waals surface area contributed by atoms with E-state index in [1.807, 2.05) is 31.4 Å². The summed E-state index contributed by atoms with van der Waals surface area (Å²) >= 11 is 1.56. The van der Waals surface area contributed by atoms with E-state index in [2.05, 4.69) is 0 Å². The Morgan fingerprint density at radius 3 is 2.15 bits per heavy atom. The fourth-order valence-electron chi connectivity index (χ4n) is 3.46. The van der Waals surface area contributed by atoms with Gasteiger partial charge in [-0.3, -0.25) is 9.59 Å². The maximum atomic E-state index is 13.5. The number of benzene rings is 2. The maximum Gasteiger partial charge on any atom is 0.254 e. The van der Waals surface area contributed by atoms with E-state index in [1.165, 1.54) is 31.3 Å². The van der Waals surface area contributed by atoms with Gasteiger partial charge in [0.2, 0.25) is 5.91 Å². The second-order valence-electron chi connectivity index (χ2n) is 8.08. The van der Waals surface area contributed by atoms with E-state index in [9.17, 15) is 14.0 Å². The van der Waals surface area contributed by atoms with Gasteiger partial charge in [-0.2, -0.15) is 0 Å². The summed E-state index contributed by atoms with van der Waals surface area (Å²) in [5.74, 6) is 0.167. The lowest BCUT2D eigenvalue weighted by molar-refractivity contribution is -0.133. The van der Waals surface area contributed by atoms with Crippen LogP contribution in [0.4, 0.5) is 4.39 Å². The van der Waals surface area contributed by atoms with Gasteiger partial charge in [-0.05, 0) is 55.1 Å². The molecule has 2 amide bonds. The van der Waals surface area contributed by atoms with Gasteiger partial charge in [0.25, 0.3) is 5.91 Å². The Kier molecular flexibility index (Phi) is 8.65. The van der Waals surface area contributed by atoms with Crippen LogP contribution in [0.1, 0.15) is 34.6 Å². The summed E-state index contributed by atoms with van der Waals surface area (Å²) < 4.78 is 23.9. The predicted octanol–water partition coefficient (Wildman–Crippen LogP) is 4.98. The van der Waals surface area contributed by atoms with Crippen LogP contribution in [0.5, 0.6) is 11.5 Å². The summed E-state index contributed by atoms with van der Waals surface area (Å²) in [6, 6.07) is 14.7. The molecule has 34 heavy (non-hydrogen) atoms. The molecule has 0 spiro atoms. The first kappa shape index (κ1) is 25.2. The van der Waals surface area contributed by atoms with Crippen molar-refractivity contribution >= 4 is 23.2 Å². The standard InChI is InChI=1S/C26H29FN2O4S/c1-18(2)29(26(31)20-12-22(32-3)14-23(13-20)33-4)17-25(30)28(16-24-6-5-11-34-24)15-19-7-9-21(27)10-8-19/h5-14,18H,15-17H2,1-4H3. The topological polar surface area (TPSA) is 59.1 Å². The van der Waals surface area contributed by atoms with Gasteiger partial charge in [0.05, 0.1) is 20.8 Å². The number of carbonyl (C=O) groups excluding carboxylic acids is 2. The summed E-state index contributed by atoms with van der Waals surface area (Å²) in [7, 11) is 3.04. The summed E-state index contributed by atoms with van der Waals surface area (Å²) in [4.78, 5) is 31.1. The molecule has 0 aliphatic heterocycles. The third-order valence-corrected chi connectivity index (χ3v) is 6.22. The zero-order valence-electron chi connectivity index (χ0n) is 19.8. The molecule has 0 saturated carbocycles. The maximum absolute atomic E-state index is 13.5. The van der Waals surface area contributed by atoms with Gasteiger partial charge in [-0.15, -0.1) is 11.3 Å². The summed E-state index contributed by atoms with van der Waals surface area (Å²) in [6.07, 6.45) is 0. The first-order valence-electron chi connectivity index (χ1n) is 10.9. The zero-order valence-corrected chi connectivity index (χ0v) is 20.6. The van der Waals surface area contributed by atoms with Gasteiger partial charge in [0.1, 0.15) is 23.9 Å². The van der Waals surface area contributed by atoms with E-state index in [0.717, 1.165) is 10.4 Å². The van der Waals surface area contributed by atoms with Gasteiger partial charge in [0.15, 0.2) is 0 Å².